The molecule has 150 valence electrons. The number of ketones is 2. The van der Waals surface area contributed by atoms with Gasteiger partial charge >= 0.3 is 0 Å². The van der Waals surface area contributed by atoms with Gasteiger partial charge < -0.3 is 20.4 Å². The summed E-state index contributed by atoms with van der Waals surface area (Å²) in [5.41, 5.74) is 1.61. The predicted molar refractivity (Wildman–Crippen MR) is 99.6 cm³/mol. The van der Waals surface area contributed by atoms with Gasteiger partial charge in [0.15, 0.2) is 0 Å². The van der Waals surface area contributed by atoms with Crippen molar-refractivity contribution in [3.63, 3.8) is 0 Å². The van der Waals surface area contributed by atoms with E-state index in [-0.39, 0.29) is 60.9 Å². The Hall–Kier alpha value is -1.78. The molecule has 0 aliphatic heterocycles. The van der Waals surface area contributed by atoms with Gasteiger partial charge in [0.05, 0.1) is 24.4 Å². The summed E-state index contributed by atoms with van der Waals surface area (Å²) in [6, 6.07) is 0. The first-order valence-electron chi connectivity index (χ1n) is 10.0. The maximum atomic E-state index is 12.2. The Morgan fingerprint density at radius 2 is 0.929 bits per heavy atom. The molecule has 2 fully saturated rings. The van der Waals surface area contributed by atoms with Crippen molar-refractivity contribution in [3.05, 3.63) is 23.3 Å². The van der Waals surface area contributed by atoms with Crippen molar-refractivity contribution >= 4 is 11.6 Å². The Morgan fingerprint density at radius 1 is 0.607 bits per heavy atom. The standard InChI is InChI=1S/C22H26O6/c23-17-5-3-11(13-7-19(25)21(27)9-15(13)17)1-2-12-4-6-18(24)16-10-22(28)20(26)8-14(12)16/h3-4,13-16,19-22,25-28H,5-10H2. The van der Waals surface area contributed by atoms with E-state index in [1.807, 2.05) is 12.2 Å². The minimum Gasteiger partial charge on any atom is -0.390 e. The van der Waals surface area contributed by atoms with Crippen molar-refractivity contribution in [3.8, 4) is 11.8 Å². The van der Waals surface area contributed by atoms with Gasteiger partial charge in [0.1, 0.15) is 11.6 Å². The molecule has 4 rings (SSSR count). The maximum Gasteiger partial charge on any atom is 0.140 e. The van der Waals surface area contributed by atoms with E-state index in [9.17, 15) is 30.0 Å². The van der Waals surface area contributed by atoms with Crippen LogP contribution in [-0.4, -0.2) is 56.4 Å². The van der Waals surface area contributed by atoms with Crippen LogP contribution in [-0.2, 0) is 9.59 Å². The van der Waals surface area contributed by atoms with E-state index in [4.69, 9.17) is 0 Å². The summed E-state index contributed by atoms with van der Waals surface area (Å²) in [5, 5.41) is 39.9. The average molecular weight is 386 g/mol. The highest BCUT2D eigenvalue weighted by Crippen LogP contribution is 2.41. The van der Waals surface area contributed by atoms with Crippen LogP contribution in [0.1, 0.15) is 38.5 Å². The molecule has 0 saturated heterocycles. The number of fused-ring (bicyclic) bond motifs is 2. The van der Waals surface area contributed by atoms with Crippen molar-refractivity contribution < 1.29 is 30.0 Å². The molecule has 8 atom stereocenters. The van der Waals surface area contributed by atoms with Gasteiger partial charge in [-0.2, -0.15) is 0 Å². The molecule has 0 aromatic rings. The topological polar surface area (TPSA) is 115 Å². The van der Waals surface area contributed by atoms with Gasteiger partial charge in [0, 0.05) is 47.7 Å². The van der Waals surface area contributed by atoms with Gasteiger partial charge in [-0.3, -0.25) is 9.59 Å². The molecule has 0 bridgehead atoms. The second-order valence-corrected chi connectivity index (χ2v) is 8.55. The van der Waals surface area contributed by atoms with Crippen LogP contribution in [0.5, 0.6) is 0 Å². The van der Waals surface area contributed by atoms with Crippen molar-refractivity contribution in [2.24, 2.45) is 23.7 Å². The molecule has 6 nitrogen and oxygen atoms in total. The number of rotatable bonds is 0. The van der Waals surface area contributed by atoms with Crippen LogP contribution in [0.3, 0.4) is 0 Å². The predicted octanol–water partition coefficient (Wildman–Crippen LogP) is 0.284. The van der Waals surface area contributed by atoms with E-state index in [2.05, 4.69) is 11.8 Å². The average Bonchev–Trinajstić information content (AvgIpc) is 2.66. The van der Waals surface area contributed by atoms with Gasteiger partial charge in [-0.1, -0.05) is 24.0 Å². The zero-order valence-electron chi connectivity index (χ0n) is 15.6. The summed E-state index contributed by atoms with van der Waals surface area (Å²) in [5.74, 6) is 5.48. The summed E-state index contributed by atoms with van der Waals surface area (Å²) in [6.07, 6.45) is 1.86. The molecule has 0 aromatic heterocycles. The van der Waals surface area contributed by atoms with Crippen LogP contribution < -0.4 is 0 Å². The molecule has 2 saturated carbocycles. The molecular weight excluding hydrogens is 360 g/mol. The minimum atomic E-state index is -0.875. The fraction of sp³-hybridized carbons (Fsp3) is 0.636. The lowest BCUT2D eigenvalue weighted by atomic mass is 9.67. The number of hydrogen-bond acceptors (Lipinski definition) is 6. The fourth-order valence-electron chi connectivity index (χ4n) is 5.18. The molecule has 6 heteroatoms. The van der Waals surface area contributed by atoms with E-state index in [0.29, 0.717) is 12.8 Å². The third-order valence-electron chi connectivity index (χ3n) is 6.86. The normalized spacial score (nSPS) is 43.1. The number of aliphatic hydroxyl groups is 4. The Labute approximate surface area is 163 Å². The smallest absolute Gasteiger partial charge is 0.140 e. The largest absolute Gasteiger partial charge is 0.390 e. The fourth-order valence-corrected chi connectivity index (χ4v) is 5.18. The van der Waals surface area contributed by atoms with Gasteiger partial charge in [-0.25, -0.2) is 0 Å². The molecule has 0 heterocycles. The Morgan fingerprint density at radius 3 is 1.29 bits per heavy atom. The third kappa shape index (κ3) is 3.48. The first-order valence-corrected chi connectivity index (χ1v) is 10.0. The van der Waals surface area contributed by atoms with Crippen molar-refractivity contribution in [2.75, 3.05) is 0 Å². The van der Waals surface area contributed by atoms with Crippen LogP contribution >= 0.6 is 0 Å². The number of aliphatic hydroxyl groups excluding tert-OH is 4. The van der Waals surface area contributed by atoms with Crippen LogP contribution in [0.2, 0.25) is 0 Å². The number of Topliss-reactive ketones (excluding diaryl/α,β-unsaturated/α-hetero) is 2. The van der Waals surface area contributed by atoms with E-state index < -0.39 is 24.4 Å². The second-order valence-electron chi connectivity index (χ2n) is 8.55. The first kappa shape index (κ1) is 19.5. The first-order chi connectivity index (χ1) is 13.3. The highest BCUT2D eigenvalue weighted by atomic mass is 16.3. The molecule has 4 N–H and O–H groups in total. The van der Waals surface area contributed by atoms with Crippen molar-refractivity contribution in [2.45, 2.75) is 62.9 Å². The molecule has 0 aromatic carbocycles. The summed E-state index contributed by atoms with van der Waals surface area (Å²) in [7, 11) is 0. The highest BCUT2D eigenvalue weighted by molar-refractivity contribution is 5.86. The van der Waals surface area contributed by atoms with Crippen LogP contribution in [0, 0.1) is 35.5 Å². The zero-order valence-corrected chi connectivity index (χ0v) is 15.6. The number of carbonyl (C=O) groups is 2. The molecule has 28 heavy (non-hydrogen) atoms. The summed E-state index contributed by atoms with van der Waals surface area (Å²) >= 11 is 0. The maximum absolute atomic E-state index is 12.2. The minimum absolute atomic E-state index is 0.0773. The van der Waals surface area contributed by atoms with Crippen molar-refractivity contribution in [1.29, 1.82) is 0 Å². The Kier molecular flexibility index (Phi) is 5.28. The lowest BCUT2D eigenvalue weighted by Gasteiger charge is -2.39. The zero-order chi connectivity index (χ0) is 20.0. The molecule has 0 radical (unpaired) electrons. The van der Waals surface area contributed by atoms with Gasteiger partial charge in [-0.05, 0) is 25.7 Å². The number of carbonyl (C=O) groups excluding carboxylic acids is 2. The second kappa shape index (κ2) is 7.57. The molecule has 0 amide bonds. The molecule has 8 unspecified atom stereocenters. The van der Waals surface area contributed by atoms with Crippen LogP contribution in [0.4, 0.5) is 0 Å². The number of allylic oxidation sites excluding steroid dienone is 4. The van der Waals surface area contributed by atoms with Crippen LogP contribution in [0.15, 0.2) is 23.3 Å². The molecule has 0 spiro atoms. The van der Waals surface area contributed by atoms with E-state index in [0.717, 1.165) is 11.1 Å². The quantitative estimate of drug-likeness (QED) is 0.445. The molecular formula is C22H26O6. The van der Waals surface area contributed by atoms with Gasteiger partial charge in [-0.15, -0.1) is 0 Å². The van der Waals surface area contributed by atoms with E-state index in [1.54, 1.807) is 0 Å². The molecule has 4 aliphatic carbocycles. The highest BCUT2D eigenvalue weighted by Gasteiger charge is 2.43. The lowest BCUT2D eigenvalue weighted by molar-refractivity contribution is -0.130. The Bertz CT molecular complexity index is 736. The third-order valence-corrected chi connectivity index (χ3v) is 6.86. The SMILES string of the molecule is O=C1CC=C(C#CC2=CCC(=O)C3CC(O)C(O)CC23)C2CC(O)C(O)CC12. The lowest BCUT2D eigenvalue weighted by Crippen LogP contribution is -2.44. The van der Waals surface area contributed by atoms with E-state index in [1.165, 1.54) is 0 Å². The van der Waals surface area contributed by atoms with E-state index >= 15 is 0 Å². The summed E-state index contributed by atoms with van der Waals surface area (Å²) in [6.45, 7) is 0. The van der Waals surface area contributed by atoms with Crippen molar-refractivity contribution in [1.82, 2.24) is 0 Å². The monoisotopic (exact) mass is 386 g/mol. The number of hydrogen-bond donors (Lipinski definition) is 4. The van der Waals surface area contributed by atoms with Gasteiger partial charge in [0.25, 0.3) is 0 Å². The van der Waals surface area contributed by atoms with Gasteiger partial charge in [0.2, 0.25) is 0 Å². The molecule has 4 aliphatic rings. The summed E-state index contributed by atoms with van der Waals surface area (Å²) in [4.78, 5) is 24.5. The summed E-state index contributed by atoms with van der Waals surface area (Å²) < 4.78 is 0. The Balaban J connectivity index is 1.58. The van der Waals surface area contributed by atoms with Crippen LogP contribution in [0.25, 0.3) is 0 Å².